The molecular formula is C14H13NO6. The number of primary amides is 1. The van der Waals surface area contributed by atoms with Crippen LogP contribution in [0.4, 0.5) is 4.79 Å². The van der Waals surface area contributed by atoms with Crippen molar-refractivity contribution in [1.82, 2.24) is 0 Å². The van der Waals surface area contributed by atoms with Crippen molar-refractivity contribution in [3.8, 4) is 11.5 Å². The SMILES string of the molecule is NC(=O)OC1c2cc3c(cc2CC2C(=O)OCC21)OCO3. The number of cyclic esters (lactones) is 1. The van der Waals surface area contributed by atoms with Crippen LogP contribution in [0.15, 0.2) is 12.1 Å². The molecule has 1 saturated heterocycles. The number of nitrogens with two attached hydrogens (primary N) is 1. The van der Waals surface area contributed by atoms with Crippen LogP contribution in [0.25, 0.3) is 0 Å². The summed E-state index contributed by atoms with van der Waals surface area (Å²) in [5.74, 6) is 0.452. The zero-order chi connectivity index (χ0) is 14.6. The van der Waals surface area contributed by atoms with E-state index in [0.717, 1.165) is 11.1 Å². The molecule has 1 aliphatic carbocycles. The Morgan fingerprint density at radius 2 is 2.00 bits per heavy atom. The molecule has 7 nitrogen and oxygen atoms in total. The Hall–Kier alpha value is -2.44. The van der Waals surface area contributed by atoms with Crippen LogP contribution in [0.3, 0.4) is 0 Å². The number of benzene rings is 1. The van der Waals surface area contributed by atoms with E-state index in [1.54, 1.807) is 6.07 Å². The first-order valence-electron chi connectivity index (χ1n) is 6.68. The average molecular weight is 291 g/mol. The lowest BCUT2D eigenvalue weighted by molar-refractivity contribution is -0.141. The molecule has 3 unspecified atom stereocenters. The smallest absolute Gasteiger partial charge is 0.405 e. The minimum atomic E-state index is -0.872. The van der Waals surface area contributed by atoms with Crippen LogP contribution in [0.1, 0.15) is 17.2 Å². The molecule has 3 atom stereocenters. The first kappa shape index (κ1) is 12.3. The molecule has 0 saturated carbocycles. The molecule has 2 aliphatic heterocycles. The van der Waals surface area contributed by atoms with Crippen LogP contribution in [0, 0.1) is 11.8 Å². The molecule has 2 heterocycles. The van der Waals surface area contributed by atoms with E-state index in [-0.39, 0.29) is 31.2 Å². The van der Waals surface area contributed by atoms with Gasteiger partial charge in [-0.25, -0.2) is 4.79 Å². The second kappa shape index (κ2) is 4.28. The molecular weight excluding hydrogens is 278 g/mol. The fourth-order valence-electron chi connectivity index (χ4n) is 3.29. The van der Waals surface area contributed by atoms with Gasteiger partial charge in [-0.1, -0.05) is 0 Å². The molecule has 1 aromatic carbocycles. The summed E-state index contributed by atoms with van der Waals surface area (Å²) in [5.41, 5.74) is 6.87. The predicted octanol–water partition coefficient (Wildman–Crippen LogP) is 0.897. The normalized spacial score (nSPS) is 28.6. The van der Waals surface area contributed by atoms with E-state index in [1.165, 1.54) is 0 Å². The lowest BCUT2D eigenvalue weighted by Gasteiger charge is -2.32. The monoisotopic (exact) mass is 291 g/mol. The van der Waals surface area contributed by atoms with E-state index in [1.807, 2.05) is 6.07 Å². The summed E-state index contributed by atoms with van der Waals surface area (Å²) in [6.45, 7) is 0.393. The quantitative estimate of drug-likeness (QED) is 0.772. The van der Waals surface area contributed by atoms with Crippen LogP contribution in [0.5, 0.6) is 11.5 Å². The summed E-state index contributed by atoms with van der Waals surface area (Å²) < 4.78 is 21.1. The fourth-order valence-corrected chi connectivity index (χ4v) is 3.29. The molecule has 1 fully saturated rings. The predicted molar refractivity (Wildman–Crippen MR) is 67.6 cm³/mol. The van der Waals surface area contributed by atoms with Gasteiger partial charge in [0.05, 0.1) is 12.5 Å². The number of esters is 1. The first-order chi connectivity index (χ1) is 10.1. The van der Waals surface area contributed by atoms with Crippen molar-refractivity contribution < 1.29 is 28.5 Å². The number of rotatable bonds is 1. The van der Waals surface area contributed by atoms with E-state index >= 15 is 0 Å². The Balaban J connectivity index is 1.81. The minimum absolute atomic E-state index is 0.161. The zero-order valence-corrected chi connectivity index (χ0v) is 11.0. The average Bonchev–Trinajstić information content (AvgIpc) is 3.03. The standard InChI is InChI=1S/C14H13NO6/c15-14(17)21-12-7-3-11-10(19-5-20-11)2-6(7)1-8-9(12)4-18-13(8)16/h2-3,8-9,12H,1,4-5H2,(H2,15,17). The Kier molecular flexibility index (Phi) is 2.51. The van der Waals surface area contributed by atoms with Gasteiger partial charge in [-0.3, -0.25) is 4.79 Å². The topological polar surface area (TPSA) is 97.1 Å². The van der Waals surface area contributed by atoms with Gasteiger partial charge in [-0.2, -0.15) is 0 Å². The molecule has 3 aliphatic rings. The van der Waals surface area contributed by atoms with Gasteiger partial charge in [0.25, 0.3) is 0 Å². The molecule has 110 valence electrons. The number of amides is 1. The van der Waals surface area contributed by atoms with Crippen molar-refractivity contribution in [2.45, 2.75) is 12.5 Å². The maximum atomic E-state index is 11.8. The minimum Gasteiger partial charge on any atom is -0.465 e. The molecule has 0 bridgehead atoms. The summed E-state index contributed by atoms with van der Waals surface area (Å²) in [6, 6.07) is 3.63. The Labute approximate surface area is 119 Å². The van der Waals surface area contributed by atoms with Crippen molar-refractivity contribution >= 4 is 12.1 Å². The molecule has 1 amide bonds. The van der Waals surface area contributed by atoms with Crippen LogP contribution in [-0.4, -0.2) is 25.5 Å². The van der Waals surface area contributed by atoms with Crippen LogP contribution >= 0.6 is 0 Å². The number of hydrogen-bond acceptors (Lipinski definition) is 6. The summed E-state index contributed by atoms with van der Waals surface area (Å²) in [4.78, 5) is 23.0. The largest absolute Gasteiger partial charge is 0.465 e. The van der Waals surface area contributed by atoms with Crippen LogP contribution in [0.2, 0.25) is 0 Å². The lowest BCUT2D eigenvalue weighted by Crippen LogP contribution is -2.34. The Morgan fingerprint density at radius 1 is 1.24 bits per heavy atom. The Bertz CT molecular complexity index is 643. The third kappa shape index (κ3) is 1.80. The third-order valence-corrected chi connectivity index (χ3v) is 4.25. The second-order valence-electron chi connectivity index (χ2n) is 5.37. The number of fused-ring (bicyclic) bond motifs is 3. The summed E-state index contributed by atoms with van der Waals surface area (Å²) in [7, 11) is 0. The highest BCUT2D eigenvalue weighted by Crippen LogP contribution is 2.48. The maximum absolute atomic E-state index is 11.8. The van der Waals surface area contributed by atoms with E-state index in [2.05, 4.69) is 0 Å². The molecule has 4 rings (SSSR count). The number of carbonyl (C=O) groups excluding carboxylic acids is 2. The van der Waals surface area contributed by atoms with E-state index in [0.29, 0.717) is 17.9 Å². The molecule has 21 heavy (non-hydrogen) atoms. The van der Waals surface area contributed by atoms with Crippen molar-refractivity contribution in [2.75, 3.05) is 13.4 Å². The molecule has 0 radical (unpaired) electrons. The lowest BCUT2D eigenvalue weighted by atomic mass is 9.75. The van der Waals surface area contributed by atoms with Gasteiger partial charge in [0.1, 0.15) is 6.10 Å². The maximum Gasteiger partial charge on any atom is 0.405 e. The van der Waals surface area contributed by atoms with Crippen molar-refractivity contribution in [1.29, 1.82) is 0 Å². The van der Waals surface area contributed by atoms with Gasteiger partial charge in [0.15, 0.2) is 11.5 Å². The zero-order valence-electron chi connectivity index (χ0n) is 11.0. The van der Waals surface area contributed by atoms with Gasteiger partial charge in [-0.15, -0.1) is 0 Å². The molecule has 7 heteroatoms. The Morgan fingerprint density at radius 3 is 2.76 bits per heavy atom. The van der Waals surface area contributed by atoms with E-state index < -0.39 is 12.2 Å². The van der Waals surface area contributed by atoms with Crippen molar-refractivity contribution in [2.24, 2.45) is 17.6 Å². The third-order valence-electron chi connectivity index (χ3n) is 4.25. The van der Waals surface area contributed by atoms with Crippen LogP contribution in [-0.2, 0) is 20.7 Å². The first-order valence-corrected chi connectivity index (χ1v) is 6.68. The summed E-state index contributed by atoms with van der Waals surface area (Å²) in [5, 5.41) is 0. The molecule has 1 aromatic rings. The van der Waals surface area contributed by atoms with Gasteiger partial charge in [0, 0.05) is 11.5 Å². The van der Waals surface area contributed by atoms with Gasteiger partial charge >= 0.3 is 12.1 Å². The number of carbonyl (C=O) groups is 2. The summed E-state index contributed by atoms with van der Waals surface area (Å²) >= 11 is 0. The highest BCUT2D eigenvalue weighted by atomic mass is 16.7. The molecule has 0 spiro atoms. The molecule has 2 N–H and O–H groups in total. The second-order valence-corrected chi connectivity index (χ2v) is 5.37. The fraction of sp³-hybridized carbons (Fsp3) is 0.429. The number of hydrogen-bond donors (Lipinski definition) is 1. The highest BCUT2D eigenvalue weighted by Gasteiger charge is 2.48. The number of ether oxygens (including phenoxy) is 4. The van der Waals surface area contributed by atoms with Gasteiger partial charge in [-0.05, 0) is 24.1 Å². The molecule has 0 aromatic heterocycles. The summed E-state index contributed by atoms with van der Waals surface area (Å²) in [6.07, 6.45) is -0.936. The van der Waals surface area contributed by atoms with Gasteiger partial charge < -0.3 is 24.7 Å². The van der Waals surface area contributed by atoms with Crippen molar-refractivity contribution in [3.05, 3.63) is 23.3 Å². The van der Waals surface area contributed by atoms with E-state index in [4.69, 9.17) is 24.7 Å². The van der Waals surface area contributed by atoms with E-state index in [9.17, 15) is 9.59 Å². The van der Waals surface area contributed by atoms with Crippen molar-refractivity contribution in [3.63, 3.8) is 0 Å². The highest BCUT2D eigenvalue weighted by molar-refractivity contribution is 5.76. The van der Waals surface area contributed by atoms with Gasteiger partial charge in [0.2, 0.25) is 6.79 Å². The van der Waals surface area contributed by atoms with Crippen LogP contribution < -0.4 is 15.2 Å².